The molecule has 1 saturated carbocycles. The summed E-state index contributed by atoms with van der Waals surface area (Å²) >= 11 is 0. The Bertz CT molecular complexity index is 573. The van der Waals surface area contributed by atoms with E-state index in [2.05, 4.69) is 4.90 Å². The highest BCUT2D eigenvalue weighted by molar-refractivity contribution is 5.26. The number of aliphatic hydroxyl groups excluding tert-OH is 1. The number of piperidine rings is 1. The van der Waals surface area contributed by atoms with E-state index in [0.29, 0.717) is 30.9 Å². The average molecular weight is 347 g/mol. The summed E-state index contributed by atoms with van der Waals surface area (Å²) in [6.07, 6.45) is 7.26. The lowest BCUT2D eigenvalue weighted by molar-refractivity contribution is -0.0305. The van der Waals surface area contributed by atoms with Crippen molar-refractivity contribution in [2.24, 2.45) is 11.8 Å². The van der Waals surface area contributed by atoms with Crippen molar-refractivity contribution in [1.29, 1.82) is 0 Å². The fraction of sp³-hybridized carbons (Fsp3) is 0.714. The molecule has 25 heavy (non-hydrogen) atoms. The summed E-state index contributed by atoms with van der Waals surface area (Å²) in [6, 6.07) is 6.51. The molecule has 4 heteroatoms. The van der Waals surface area contributed by atoms with E-state index in [9.17, 15) is 4.39 Å². The van der Waals surface area contributed by atoms with Gasteiger partial charge in [0.05, 0.1) is 12.7 Å². The maximum atomic E-state index is 14.0. The first-order chi connectivity index (χ1) is 12.2. The largest absolute Gasteiger partial charge is 0.396 e. The summed E-state index contributed by atoms with van der Waals surface area (Å²) in [4.78, 5) is 2.72. The molecule has 0 radical (unpaired) electrons. The molecule has 2 heterocycles. The Morgan fingerprint density at radius 1 is 1.16 bits per heavy atom. The van der Waals surface area contributed by atoms with Crippen LogP contribution >= 0.6 is 0 Å². The lowest BCUT2D eigenvalue weighted by atomic mass is 9.98. The van der Waals surface area contributed by atoms with E-state index in [0.717, 1.165) is 36.7 Å². The lowest BCUT2D eigenvalue weighted by Gasteiger charge is -2.39. The number of aliphatic hydroxyl groups is 1. The highest BCUT2D eigenvalue weighted by Crippen LogP contribution is 2.45. The van der Waals surface area contributed by atoms with Gasteiger partial charge in [-0.3, -0.25) is 4.90 Å². The van der Waals surface area contributed by atoms with Gasteiger partial charge in [0, 0.05) is 30.8 Å². The van der Waals surface area contributed by atoms with Gasteiger partial charge in [-0.15, -0.1) is 0 Å². The molecule has 0 spiro atoms. The normalized spacial score (nSPS) is 34.4. The molecule has 2 aliphatic heterocycles. The Kier molecular flexibility index (Phi) is 5.12. The second kappa shape index (κ2) is 7.34. The number of benzene rings is 1. The zero-order chi connectivity index (χ0) is 17.4. The van der Waals surface area contributed by atoms with Crippen LogP contribution < -0.4 is 0 Å². The molecule has 1 aliphatic carbocycles. The van der Waals surface area contributed by atoms with Gasteiger partial charge in [-0.1, -0.05) is 12.1 Å². The summed E-state index contributed by atoms with van der Waals surface area (Å²) in [5, 5.41) is 9.09. The molecule has 4 unspecified atom stereocenters. The molecule has 0 amide bonds. The first-order valence-corrected chi connectivity index (χ1v) is 9.88. The molecule has 2 bridgehead atoms. The zero-order valence-electron chi connectivity index (χ0n) is 15.2. The summed E-state index contributed by atoms with van der Waals surface area (Å²) in [7, 11) is 0. The van der Waals surface area contributed by atoms with Crippen molar-refractivity contribution < 1.29 is 14.2 Å². The maximum absolute atomic E-state index is 14.0. The van der Waals surface area contributed by atoms with E-state index in [1.807, 2.05) is 13.0 Å². The van der Waals surface area contributed by atoms with Crippen LogP contribution in [-0.4, -0.2) is 41.3 Å². The molecular weight excluding hydrogens is 317 g/mol. The molecular formula is C21H30FNO2. The SMILES string of the molecule is Cc1cccc(F)c1COC1CC2CCC(C1)N2CC1CC1CCO. The van der Waals surface area contributed by atoms with Crippen LogP contribution in [-0.2, 0) is 11.3 Å². The molecule has 138 valence electrons. The Labute approximate surface area is 150 Å². The Morgan fingerprint density at radius 2 is 1.92 bits per heavy atom. The van der Waals surface area contributed by atoms with Crippen molar-refractivity contribution in [2.75, 3.05) is 13.2 Å². The van der Waals surface area contributed by atoms with Gasteiger partial charge in [0.15, 0.2) is 0 Å². The van der Waals surface area contributed by atoms with Crippen LogP contribution in [0.2, 0.25) is 0 Å². The van der Waals surface area contributed by atoms with Crippen molar-refractivity contribution in [3.63, 3.8) is 0 Å². The lowest BCUT2D eigenvalue weighted by Crippen LogP contribution is -2.46. The first kappa shape index (κ1) is 17.4. The minimum absolute atomic E-state index is 0.149. The first-order valence-electron chi connectivity index (χ1n) is 9.88. The number of halogens is 1. The van der Waals surface area contributed by atoms with Crippen LogP contribution in [0.5, 0.6) is 0 Å². The van der Waals surface area contributed by atoms with Gasteiger partial charge in [-0.2, -0.15) is 0 Å². The van der Waals surface area contributed by atoms with Crippen molar-refractivity contribution in [2.45, 2.75) is 70.2 Å². The number of fused-ring (bicyclic) bond motifs is 2. The number of hydrogen-bond acceptors (Lipinski definition) is 3. The van der Waals surface area contributed by atoms with Crippen LogP contribution in [0.25, 0.3) is 0 Å². The van der Waals surface area contributed by atoms with E-state index in [1.54, 1.807) is 6.07 Å². The van der Waals surface area contributed by atoms with E-state index < -0.39 is 0 Å². The van der Waals surface area contributed by atoms with Crippen molar-refractivity contribution in [3.8, 4) is 0 Å². The van der Waals surface area contributed by atoms with Crippen LogP contribution in [0.15, 0.2) is 18.2 Å². The molecule has 3 fully saturated rings. The third kappa shape index (κ3) is 3.76. The van der Waals surface area contributed by atoms with Crippen LogP contribution in [0.3, 0.4) is 0 Å². The summed E-state index contributed by atoms with van der Waals surface area (Å²) in [5.41, 5.74) is 1.69. The fourth-order valence-electron chi connectivity index (χ4n) is 5.03. The van der Waals surface area contributed by atoms with Gasteiger partial charge >= 0.3 is 0 Å². The van der Waals surface area contributed by atoms with E-state index in [-0.39, 0.29) is 11.9 Å². The average Bonchev–Trinajstić information content (AvgIpc) is 3.27. The predicted molar refractivity (Wildman–Crippen MR) is 95.8 cm³/mol. The van der Waals surface area contributed by atoms with Gasteiger partial charge in [0.1, 0.15) is 5.82 Å². The molecule has 1 aromatic rings. The molecule has 4 rings (SSSR count). The smallest absolute Gasteiger partial charge is 0.128 e. The minimum Gasteiger partial charge on any atom is -0.396 e. The summed E-state index contributed by atoms with van der Waals surface area (Å²) < 4.78 is 20.1. The van der Waals surface area contributed by atoms with Crippen LogP contribution in [0.1, 0.15) is 49.7 Å². The van der Waals surface area contributed by atoms with Crippen molar-refractivity contribution in [1.82, 2.24) is 4.90 Å². The van der Waals surface area contributed by atoms with E-state index in [1.165, 1.54) is 31.9 Å². The van der Waals surface area contributed by atoms with Crippen LogP contribution in [0, 0.1) is 24.6 Å². The zero-order valence-corrected chi connectivity index (χ0v) is 15.2. The Morgan fingerprint density at radius 3 is 2.60 bits per heavy atom. The molecule has 1 aromatic carbocycles. The van der Waals surface area contributed by atoms with Crippen molar-refractivity contribution >= 4 is 0 Å². The summed E-state index contributed by atoms with van der Waals surface area (Å²) in [5.74, 6) is 1.40. The third-order valence-electron chi connectivity index (χ3n) is 6.67. The molecule has 0 aromatic heterocycles. The van der Waals surface area contributed by atoms with E-state index >= 15 is 0 Å². The molecule has 1 N–H and O–H groups in total. The molecule has 3 nitrogen and oxygen atoms in total. The number of ether oxygens (including phenoxy) is 1. The highest BCUT2D eigenvalue weighted by Gasteiger charge is 2.45. The number of rotatable bonds is 7. The number of aryl methyl sites for hydroxylation is 1. The second-order valence-electron chi connectivity index (χ2n) is 8.29. The van der Waals surface area contributed by atoms with Crippen molar-refractivity contribution in [3.05, 3.63) is 35.1 Å². The fourth-order valence-corrected chi connectivity index (χ4v) is 5.03. The van der Waals surface area contributed by atoms with E-state index in [4.69, 9.17) is 9.84 Å². The third-order valence-corrected chi connectivity index (χ3v) is 6.67. The van der Waals surface area contributed by atoms with Gasteiger partial charge in [-0.25, -0.2) is 4.39 Å². The van der Waals surface area contributed by atoms with Gasteiger partial charge in [-0.05, 0) is 68.9 Å². The Balaban J connectivity index is 1.30. The maximum Gasteiger partial charge on any atom is 0.128 e. The molecule has 3 aliphatic rings. The predicted octanol–water partition coefficient (Wildman–Crippen LogP) is 3.66. The van der Waals surface area contributed by atoms with Crippen LogP contribution in [0.4, 0.5) is 4.39 Å². The topological polar surface area (TPSA) is 32.7 Å². The van der Waals surface area contributed by atoms with Gasteiger partial charge in [0.2, 0.25) is 0 Å². The monoisotopic (exact) mass is 347 g/mol. The van der Waals surface area contributed by atoms with Gasteiger partial charge in [0.25, 0.3) is 0 Å². The van der Waals surface area contributed by atoms with Gasteiger partial charge < -0.3 is 9.84 Å². The second-order valence-corrected chi connectivity index (χ2v) is 8.29. The molecule has 4 atom stereocenters. The summed E-state index contributed by atoms with van der Waals surface area (Å²) in [6.45, 7) is 3.88. The standard InChI is InChI=1S/C21H30FNO2/c1-14-3-2-4-21(22)20(14)13-25-19-10-17-5-6-18(11-19)23(17)12-16-9-15(16)7-8-24/h2-4,15-19,24H,5-13H2,1H3. The highest BCUT2D eigenvalue weighted by atomic mass is 19.1. The molecule has 2 saturated heterocycles. The minimum atomic E-state index is -0.149. The number of hydrogen-bond donors (Lipinski definition) is 1. The quantitative estimate of drug-likeness (QED) is 0.817. The number of nitrogens with zero attached hydrogens (tertiary/aromatic N) is 1. The Hall–Kier alpha value is -0.970.